The molecule has 0 saturated carbocycles. The van der Waals surface area contributed by atoms with Crippen molar-refractivity contribution in [3.8, 4) is 0 Å². The summed E-state index contributed by atoms with van der Waals surface area (Å²) in [5.41, 5.74) is 0. The van der Waals surface area contributed by atoms with Crippen molar-refractivity contribution in [2.24, 2.45) is 0 Å². The van der Waals surface area contributed by atoms with E-state index in [1.807, 2.05) is 0 Å². The molecule has 0 rings (SSSR count). The summed E-state index contributed by atoms with van der Waals surface area (Å²) < 4.78 is 43.6. The Morgan fingerprint density at radius 1 is 0.459 bits per heavy atom. The second-order valence-electron chi connectivity index (χ2n) is 7.23. The van der Waals surface area contributed by atoms with Crippen LogP contribution in [0.2, 0.25) is 0 Å². The first-order valence-corrected chi connectivity index (χ1v) is 16.4. The second kappa shape index (κ2) is 52.7. The number of unbranched alkanes of at least 4 members (excludes halogenated alkanes) is 15. The van der Waals surface area contributed by atoms with Gasteiger partial charge in [-0.2, -0.15) is 0 Å². The summed E-state index contributed by atoms with van der Waals surface area (Å²) in [7, 11) is -14.1. The molecular formula is C18H42K4O11P4. The Balaban J connectivity index is -0.0000000840. The van der Waals surface area contributed by atoms with Crippen LogP contribution in [0.15, 0.2) is 0 Å². The summed E-state index contributed by atoms with van der Waals surface area (Å²) in [5, 5.41) is 8.67. The monoisotopic (exact) mass is 714 g/mol. The Bertz CT molecular complexity index is 448. The number of hydrogen-bond donors (Lipinski definition) is 1. The summed E-state index contributed by atoms with van der Waals surface area (Å²) in [6, 6.07) is 0. The standard InChI is InChI=1S/C18H38O.4K.2H4O5P2/c1-2-3-4-5-6-7-8-9-10-11-12-13-14-15-16-17-18-19;;;;;2*1-6(2)5-7(3)4/h19H,2-18H2,1H3;;;;;2*6-7H,(H,1,2)(H,3,4)/q;4*+1;;/p-4. The Morgan fingerprint density at radius 2 is 0.649 bits per heavy atom. The van der Waals surface area contributed by atoms with Crippen LogP contribution < -0.4 is 225 Å². The van der Waals surface area contributed by atoms with Crippen LogP contribution in [0.1, 0.15) is 110 Å². The number of rotatable bonds is 20. The van der Waals surface area contributed by atoms with Crippen LogP contribution in [0, 0.1) is 0 Å². The van der Waals surface area contributed by atoms with Gasteiger partial charge in [0.15, 0.2) is 0 Å². The van der Waals surface area contributed by atoms with E-state index in [-0.39, 0.29) is 206 Å². The molecule has 4 atom stereocenters. The van der Waals surface area contributed by atoms with E-state index < -0.39 is 33.0 Å². The van der Waals surface area contributed by atoms with E-state index in [4.69, 9.17) is 5.11 Å². The van der Waals surface area contributed by atoms with E-state index in [1.54, 1.807) is 0 Å². The minimum Gasteiger partial charge on any atom is -0.781 e. The molecule has 11 nitrogen and oxygen atoms in total. The fourth-order valence-corrected chi connectivity index (χ4v) is 3.88. The van der Waals surface area contributed by atoms with E-state index in [2.05, 4.69) is 15.5 Å². The fourth-order valence-electron chi connectivity index (χ4n) is 2.80. The first kappa shape index (κ1) is 59.6. The summed E-state index contributed by atoms with van der Waals surface area (Å²) in [5.74, 6) is 0. The molecule has 0 aromatic rings. The largest absolute Gasteiger partial charge is 1.00 e. The van der Waals surface area contributed by atoms with Gasteiger partial charge in [0.2, 0.25) is 0 Å². The van der Waals surface area contributed by atoms with E-state index >= 15 is 0 Å². The molecule has 0 spiro atoms. The van der Waals surface area contributed by atoms with Crippen LogP contribution in [0.5, 0.6) is 0 Å². The molecule has 0 heterocycles. The van der Waals surface area contributed by atoms with Crippen molar-refractivity contribution in [1.29, 1.82) is 0 Å². The summed E-state index contributed by atoms with van der Waals surface area (Å²) in [6.07, 6.45) is 22.2. The molecule has 37 heavy (non-hydrogen) atoms. The predicted molar refractivity (Wildman–Crippen MR) is 125 cm³/mol. The average Bonchev–Trinajstić information content (AvgIpc) is 2.70. The molecule has 0 radical (unpaired) electrons. The van der Waals surface area contributed by atoms with Crippen LogP contribution in [0.4, 0.5) is 0 Å². The van der Waals surface area contributed by atoms with Gasteiger partial charge in [0.25, 0.3) is 0 Å². The van der Waals surface area contributed by atoms with Gasteiger partial charge in [0, 0.05) is 6.61 Å². The third kappa shape index (κ3) is 75.3. The molecular weight excluding hydrogens is 672 g/mol. The molecule has 19 heteroatoms. The maximum Gasteiger partial charge on any atom is 1.00 e. The molecule has 0 aromatic heterocycles. The van der Waals surface area contributed by atoms with Crippen LogP contribution in [0.25, 0.3) is 0 Å². The van der Waals surface area contributed by atoms with Gasteiger partial charge in [0.1, 0.15) is 33.0 Å². The van der Waals surface area contributed by atoms with E-state index in [1.165, 1.54) is 96.3 Å². The van der Waals surface area contributed by atoms with Gasteiger partial charge >= 0.3 is 206 Å². The van der Waals surface area contributed by atoms with Gasteiger partial charge in [-0.25, -0.2) is 0 Å². The Morgan fingerprint density at radius 3 is 0.784 bits per heavy atom. The summed E-state index contributed by atoms with van der Waals surface area (Å²) >= 11 is 0. The van der Waals surface area contributed by atoms with E-state index in [0.717, 1.165) is 6.42 Å². The minimum atomic E-state index is -3.51. The third-order valence-corrected chi connectivity index (χ3v) is 7.01. The van der Waals surface area contributed by atoms with Gasteiger partial charge in [-0.3, -0.25) is 8.62 Å². The van der Waals surface area contributed by atoms with E-state index in [0.29, 0.717) is 6.61 Å². The van der Waals surface area contributed by atoms with E-state index in [9.17, 15) is 37.8 Å². The van der Waals surface area contributed by atoms with Crippen molar-refractivity contribution in [2.75, 3.05) is 6.61 Å². The van der Waals surface area contributed by atoms with Gasteiger partial charge in [-0.15, -0.1) is 0 Å². The molecule has 0 amide bonds. The predicted octanol–water partition coefficient (Wildman–Crippen LogP) is -8.74. The SMILES string of the molecule is CCCCCCCCCCCCCCCCCCO.O=[PH]([O-])O[PH](=O)[O-].O=[PH]([O-])O[PH](=O)[O-].[K+].[K+].[K+].[K+]. The number of aliphatic hydroxyl groups excluding tert-OH is 1. The zero-order valence-electron chi connectivity index (χ0n) is 23.6. The Labute approximate surface area is 396 Å². The number of hydrogen-bond acceptors (Lipinski definition) is 11. The molecule has 0 aliphatic carbocycles. The summed E-state index contributed by atoms with van der Waals surface area (Å²) in [6.45, 7) is 2.66. The van der Waals surface area contributed by atoms with Crippen molar-refractivity contribution < 1.29 is 257 Å². The van der Waals surface area contributed by atoms with Gasteiger partial charge in [-0.05, 0) is 6.42 Å². The molecule has 0 fully saturated rings. The molecule has 0 aliphatic rings. The van der Waals surface area contributed by atoms with Gasteiger partial charge < -0.3 is 42.9 Å². The van der Waals surface area contributed by atoms with Crippen molar-refractivity contribution >= 4 is 33.0 Å². The maximum absolute atomic E-state index is 9.29. The molecule has 204 valence electrons. The number of aliphatic hydroxyl groups is 1. The fraction of sp³-hybridized carbons (Fsp3) is 1.00. The van der Waals surface area contributed by atoms with Crippen LogP contribution in [-0.4, -0.2) is 11.7 Å². The molecule has 0 bridgehead atoms. The van der Waals surface area contributed by atoms with Crippen molar-refractivity contribution in [3.05, 3.63) is 0 Å². The molecule has 1 N–H and O–H groups in total. The zero-order valence-corrected chi connectivity index (χ0v) is 40.0. The third-order valence-electron chi connectivity index (χ3n) is 4.35. The molecule has 4 unspecified atom stereocenters. The smallest absolute Gasteiger partial charge is 0.781 e. The van der Waals surface area contributed by atoms with Crippen LogP contribution in [-0.2, 0) is 26.9 Å². The quantitative estimate of drug-likeness (QED) is 0.0714. The van der Waals surface area contributed by atoms with Gasteiger partial charge in [-0.1, -0.05) is 103 Å². The zero-order chi connectivity index (χ0) is 25.7. The second-order valence-corrected chi connectivity index (χ2v) is 10.9. The van der Waals surface area contributed by atoms with Crippen LogP contribution in [0.3, 0.4) is 0 Å². The molecule has 0 aliphatic heterocycles. The normalized spacial score (nSPS) is 12.7. The van der Waals surface area contributed by atoms with Crippen LogP contribution >= 0.6 is 33.0 Å². The minimum absolute atomic E-state index is 0. The first-order chi connectivity index (χ1) is 15.7. The Kier molecular flexibility index (Phi) is 84.9. The summed E-state index contributed by atoms with van der Waals surface area (Å²) in [4.78, 5) is 37.1. The maximum atomic E-state index is 9.29. The van der Waals surface area contributed by atoms with Crippen molar-refractivity contribution in [1.82, 2.24) is 0 Å². The Hall–Kier alpha value is 7.19. The first-order valence-electron chi connectivity index (χ1n) is 11.5. The molecule has 0 saturated heterocycles. The molecule has 0 aromatic carbocycles. The average molecular weight is 715 g/mol. The van der Waals surface area contributed by atoms with Crippen molar-refractivity contribution in [2.45, 2.75) is 110 Å². The van der Waals surface area contributed by atoms with Gasteiger partial charge in [0.05, 0.1) is 0 Å². The topological polar surface area (TPSA) is 199 Å². The van der Waals surface area contributed by atoms with Crippen molar-refractivity contribution in [3.63, 3.8) is 0 Å².